The Morgan fingerprint density at radius 1 is 1.28 bits per heavy atom. The second-order valence-corrected chi connectivity index (χ2v) is 6.68. The van der Waals surface area contributed by atoms with Gasteiger partial charge in [0.25, 0.3) is 0 Å². The summed E-state index contributed by atoms with van der Waals surface area (Å²) in [5, 5.41) is 3.78. The van der Waals surface area contributed by atoms with Gasteiger partial charge in [-0.1, -0.05) is 6.07 Å². The zero-order valence-electron chi connectivity index (χ0n) is 10.9. The highest BCUT2D eigenvalue weighted by Gasteiger charge is 2.22. The fourth-order valence-corrected chi connectivity index (χ4v) is 4.27. The summed E-state index contributed by atoms with van der Waals surface area (Å²) >= 11 is 2.11. The van der Waals surface area contributed by atoms with Gasteiger partial charge in [-0.3, -0.25) is 4.98 Å². The first-order valence-electron chi connectivity index (χ1n) is 7.18. The van der Waals surface area contributed by atoms with Gasteiger partial charge in [0.05, 0.1) is 5.69 Å². The maximum Gasteiger partial charge on any atom is 0.0605 e. The SMILES string of the molecule is c1cnc2c(c1)CCCC2NCC1CCSCC1. The van der Waals surface area contributed by atoms with Crippen molar-refractivity contribution in [3.8, 4) is 0 Å². The third kappa shape index (κ3) is 2.89. The highest BCUT2D eigenvalue weighted by molar-refractivity contribution is 7.99. The second-order valence-electron chi connectivity index (χ2n) is 5.46. The smallest absolute Gasteiger partial charge is 0.0605 e. The van der Waals surface area contributed by atoms with Crippen molar-refractivity contribution in [3.63, 3.8) is 0 Å². The summed E-state index contributed by atoms with van der Waals surface area (Å²) in [7, 11) is 0. The van der Waals surface area contributed by atoms with Gasteiger partial charge in [0.1, 0.15) is 0 Å². The lowest BCUT2D eigenvalue weighted by Crippen LogP contribution is -2.31. The summed E-state index contributed by atoms with van der Waals surface area (Å²) in [5.74, 6) is 3.60. The van der Waals surface area contributed by atoms with E-state index in [1.807, 2.05) is 6.20 Å². The molecule has 0 radical (unpaired) electrons. The Bertz CT molecular complexity index is 388. The van der Waals surface area contributed by atoms with Crippen LogP contribution in [0.4, 0.5) is 0 Å². The van der Waals surface area contributed by atoms with Gasteiger partial charge in [-0.2, -0.15) is 11.8 Å². The lowest BCUT2D eigenvalue weighted by Gasteiger charge is -2.28. The third-order valence-corrected chi connectivity index (χ3v) is 5.24. The van der Waals surface area contributed by atoms with Gasteiger partial charge in [0, 0.05) is 12.2 Å². The molecule has 3 rings (SSSR count). The van der Waals surface area contributed by atoms with Crippen molar-refractivity contribution in [2.24, 2.45) is 5.92 Å². The fraction of sp³-hybridized carbons (Fsp3) is 0.667. The number of nitrogens with one attached hydrogen (secondary N) is 1. The van der Waals surface area contributed by atoms with Gasteiger partial charge in [-0.15, -0.1) is 0 Å². The molecule has 1 N–H and O–H groups in total. The minimum absolute atomic E-state index is 0.504. The first-order valence-corrected chi connectivity index (χ1v) is 8.34. The molecular weight excluding hydrogens is 240 g/mol. The van der Waals surface area contributed by atoms with Crippen molar-refractivity contribution < 1.29 is 0 Å². The molecule has 98 valence electrons. The number of hydrogen-bond donors (Lipinski definition) is 1. The van der Waals surface area contributed by atoms with Crippen LogP contribution in [0.3, 0.4) is 0 Å². The highest BCUT2D eigenvalue weighted by Crippen LogP contribution is 2.29. The summed E-state index contributed by atoms with van der Waals surface area (Å²) in [6.45, 7) is 1.18. The molecule has 2 nitrogen and oxygen atoms in total. The Morgan fingerprint density at radius 3 is 3.06 bits per heavy atom. The van der Waals surface area contributed by atoms with Crippen LogP contribution in [0.1, 0.15) is 43.0 Å². The molecule has 0 amide bonds. The number of pyridine rings is 1. The van der Waals surface area contributed by atoms with Crippen LogP contribution in [-0.4, -0.2) is 23.0 Å². The van der Waals surface area contributed by atoms with Crippen molar-refractivity contribution in [3.05, 3.63) is 29.6 Å². The minimum atomic E-state index is 0.504. The zero-order chi connectivity index (χ0) is 12.2. The molecule has 1 aliphatic heterocycles. The van der Waals surface area contributed by atoms with E-state index < -0.39 is 0 Å². The van der Waals surface area contributed by atoms with Crippen LogP contribution in [0.2, 0.25) is 0 Å². The van der Waals surface area contributed by atoms with Crippen LogP contribution in [0.15, 0.2) is 18.3 Å². The maximum atomic E-state index is 4.60. The molecule has 1 unspecified atom stereocenters. The molecule has 0 aromatic carbocycles. The molecule has 1 fully saturated rings. The number of thioether (sulfide) groups is 1. The Hall–Kier alpha value is -0.540. The molecule has 18 heavy (non-hydrogen) atoms. The van der Waals surface area contributed by atoms with Crippen LogP contribution < -0.4 is 5.32 Å². The minimum Gasteiger partial charge on any atom is -0.308 e. The Labute approximate surface area is 114 Å². The van der Waals surface area contributed by atoms with E-state index in [2.05, 4.69) is 34.2 Å². The predicted molar refractivity (Wildman–Crippen MR) is 78.0 cm³/mol. The largest absolute Gasteiger partial charge is 0.308 e. The Morgan fingerprint density at radius 2 is 2.17 bits per heavy atom. The van der Waals surface area contributed by atoms with Crippen LogP contribution in [0.25, 0.3) is 0 Å². The lowest BCUT2D eigenvalue weighted by molar-refractivity contribution is 0.380. The van der Waals surface area contributed by atoms with E-state index in [0.717, 1.165) is 5.92 Å². The molecule has 1 atom stereocenters. The van der Waals surface area contributed by atoms with Gasteiger partial charge in [0.2, 0.25) is 0 Å². The molecule has 3 heteroatoms. The summed E-state index contributed by atoms with van der Waals surface area (Å²) in [6.07, 6.45) is 8.48. The molecule has 0 saturated carbocycles. The average Bonchev–Trinajstić information content (AvgIpc) is 2.46. The first kappa shape index (κ1) is 12.5. The molecule has 1 saturated heterocycles. The Kier molecular flexibility index (Phi) is 4.21. The quantitative estimate of drug-likeness (QED) is 0.905. The van der Waals surface area contributed by atoms with E-state index in [4.69, 9.17) is 0 Å². The van der Waals surface area contributed by atoms with Gasteiger partial charge < -0.3 is 5.32 Å². The second kappa shape index (κ2) is 6.07. The van der Waals surface area contributed by atoms with Crippen molar-refractivity contribution in [2.45, 2.75) is 38.1 Å². The standard InChI is InChI=1S/C15H22N2S/c1-3-13-4-2-8-16-15(13)14(5-1)17-11-12-6-9-18-10-7-12/h2,4,8,12,14,17H,1,3,5-7,9-11H2. The summed E-state index contributed by atoms with van der Waals surface area (Å²) in [6, 6.07) is 4.82. The van der Waals surface area contributed by atoms with Crippen molar-refractivity contribution in [1.82, 2.24) is 10.3 Å². The van der Waals surface area contributed by atoms with Crippen molar-refractivity contribution in [1.29, 1.82) is 0 Å². The van der Waals surface area contributed by atoms with Crippen LogP contribution in [0.5, 0.6) is 0 Å². The van der Waals surface area contributed by atoms with Gasteiger partial charge in [-0.25, -0.2) is 0 Å². The molecule has 1 aromatic rings. The lowest BCUT2D eigenvalue weighted by atomic mass is 9.91. The number of fused-ring (bicyclic) bond motifs is 1. The Balaban J connectivity index is 1.60. The number of aromatic nitrogens is 1. The average molecular weight is 262 g/mol. The van der Waals surface area contributed by atoms with Crippen LogP contribution in [-0.2, 0) is 6.42 Å². The molecule has 2 aliphatic rings. The van der Waals surface area contributed by atoms with E-state index in [0.29, 0.717) is 6.04 Å². The summed E-state index contributed by atoms with van der Waals surface area (Å²) < 4.78 is 0. The molecular formula is C15H22N2S. The first-order chi connectivity index (χ1) is 8.93. The molecule has 0 bridgehead atoms. The number of aryl methyl sites for hydroxylation is 1. The van der Waals surface area contributed by atoms with Crippen molar-refractivity contribution >= 4 is 11.8 Å². The van der Waals surface area contributed by atoms with Gasteiger partial charge in [-0.05, 0) is 67.7 Å². The van der Waals surface area contributed by atoms with Crippen LogP contribution >= 0.6 is 11.8 Å². The predicted octanol–water partition coefficient (Wildman–Crippen LogP) is 3.19. The fourth-order valence-electron chi connectivity index (χ4n) is 3.07. The zero-order valence-corrected chi connectivity index (χ0v) is 11.7. The normalized spacial score (nSPS) is 24.8. The van der Waals surface area contributed by atoms with Crippen LogP contribution in [0, 0.1) is 5.92 Å². The molecule has 1 aromatic heterocycles. The van der Waals surface area contributed by atoms with E-state index in [9.17, 15) is 0 Å². The summed E-state index contributed by atoms with van der Waals surface area (Å²) in [4.78, 5) is 4.60. The maximum absolute atomic E-state index is 4.60. The van der Waals surface area contributed by atoms with E-state index in [1.54, 1.807) is 0 Å². The number of rotatable bonds is 3. The topological polar surface area (TPSA) is 24.9 Å². The van der Waals surface area contributed by atoms with E-state index in [1.165, 1.54) is 61.4 Å². The number of hydrogen-bond acceptors (Lipinski definition) is 3. The third-order valence-electron chi connectivity index (χ3n) is 4.19. The van der Waals surface area contributed by atoms with Crippen molar-refractivity contribution in [2.75, 3.05) is 18.1 Å². The molecule has 1 aliphatic carbocycles. The van der Waals surface area contributed by atoms with Gasteiger partial charge in [0.15, 0.2) is 0 Å². The molecule has 0 spiro atoms. The monoisotopic (exact) mass is 262 g/mol. The van der Waals surface area contributed by atoms with E-state index >= 15 is 0 Å². The van der Waals surface area contributed by atoms with E-state index in [-0.39, 0.29) is 0 Å². The number of nitrogens with zero attached hydrogens (tertiary/aromatic N) is 1. The molecule has 2 heterocycles. The highest BCUT2D eigenvalue weighted by atomic mass is 32.2. The van der Waals surface area contributed by atoms with Gasteiger partial charge >= 0.3 is 0 Å². The summed E-state index contributed by atoms with van der Waals surface area (Å²) in [5.41, 5.74) is 2.77.